The molecule has 2 aliphatic carbocycles. The van der Waals surface area contributed by atoms with Crippen LogP contribution in [0.4, 0.5) is 0 Å². The summed E-state index contributed by atoms with van der Waals surface area (Å²) in [6.45, 7) is 4.92. The third kappa shape index (κ3) is 3.24. The van der Waals surface area contributed by atoms with Crippen LogP contribution in [-0.2, 0) is 0 Å². The van der Waals surface area contributed by atoms with Crippen LogP contribution in [0.3, 0.4) is 0 Å². The Morgan fingerprint density at radius 3 is 2.12 bits per heavy atom. The van der Waals surface area contributed by atoms with E-state index in [0.717, 1.165) is 28.5 Å². The molecule has 0 aliphatic heterocycles. The van der Waals surface area contributed by atoms with Crippen molar-refractivity contribution in [3.8, 4) is 0 Å². The van der Waals surface area contributed by atoms with Crippen LogP contribution in [0.5, 0.6) is 0 Å². The SMILES string of the molecule is CC1CC(C)CC(C2CCCCCC2Br)C1. The summed E-state index contributed by atoms with van der Waals surface area (Å²) in [6, 6.07) is 0. The van der Waals surface area contributed by atoms with Gasteiger partial charge in [0.1, 0.15) is 0 Å². The zero-order chi connectivity index (χ0) is 11.5. The Balaban J connectivity index is 1.98. The second-order valence-electron chi connectivity index (χ2n) is 6.50. The molecular formula is C15H27Br. The van der Waals surface area contributed by atoms with Crippen LogP contribution in [-0.4, -0.2) is 4.83 Å². The number of hydrogen-bond donors (Lipinski definition) is 0. The van der Waals surface area contributed by atoms with Crippen molar-refractivity contribution in [3.63, 3.8) is 0 Å². The molecule has 0 aromatic heterocycles. The Bertz CT molecular complexity index is 203. The molecule has 2 rings (SSSR count). The highest BCUT2D eigenvalue weighted by Crippen LogP contribution is 2.43. The first kappa shape index (κ1) is 12.9. The van der Waals surface area contributed by atoms with Crippen molar-refractivity contribution in [2.24, 2.45) is 23.7 Å². The maximum atomic E-state index is 3.98. The van der Waals surface area contributed by atoms with Crippen molar-refractivity contribution >= 4 is 15.9 Å². The molecule has 0 radical (unpaired) electrons. The van der Waals surface area contributed by atoms with Crippen LogP contribution in [0.25, 0.3) is 0 Å². The van der Waals surface area contributed by atoms with Crippen molar-refractivity contribution in [1.82, 2.24) is 0 Å². The minimum Gasteiger partial charge on any atom is -0.0888 e. The third-order valence-corrected chi connectivity index (χ3v) is 5.94. The molecule has 16 heavy (non-hydrogen) atoms. The van der Waals surface area contributed by atoms with E-state index in [1.807, 2.05) is 0 Å². The number of hydrogen-bond acceptors (Lipinski definition) is 0. The van der Waals surface area contributed by atoms with Gasteiger partial charge in [0, 0.05) is 4.83 Å². The normalized spacial score (nSPS) is 46.3. The minimum absolute atomic E-state index is 0.817. The fourth-order valence-corrected chi connectivity index (χ4v) is 5.20. The van der Waals surface area contributed by atoms with Crippen LogP contribution in [0, 0.1) is 23.7 Å². The summed E-state index contributed by atoms with van der Waals surface area (Å²) in [7, 11) is 0. The van der Waals surface area contributed by atoms with E-state index in [2.05, 4.69) is 29.8 Å². The predicted octanol–water partition coefficient (Wildman–Crippen LogP) is 5.40. The van der Waals surface area contributed by atoms with Crippen LogP contribution >= 0.6 is 15.9 Å². The topological polar surface area (TPSA) is 0 Å². The van der Waals surface area contributed by atoms with Gasteiger partial charge in [-0.05, 0) is 55.8 Å². The molecule has 4 atom stereocenters. The van der Waals surface area contributed by atoms with E-state index in [1.165, 1.54) is 51.4 Å². The summed E-state index contributed by atoms with van der Waals surface area (Å²) in [5.74, 6) is 3.93. The van der Waals surface area contributed by atoms with Gasteiger partial charge in [-0.25, -0.2) is 0 Å². The highest BCUT2D eigenvalue weighted by molar-refractivity contribution is 9.09. The van der Waals surface area contributed by atoms with E-state index in [0.29, 0.717) is 0 Å². The maximum absolute atomic E-state index is 3.98. The third-order valence-electron chi connectivity index (χ3n) is 4.80. The zero-order valence-corrected chi connectivity index (χ0v) is 12.5. The first-order valence-corrected chi connectivity index (χ1v) is 8.22. The average Bonchev–Trinajstić information content (AvgIpc) is 2.41. The first-order valence-electron chi connectivity index (χ1n) is 7.31. The number of rotatable bonds is 1. The molecule has 2 fully saturated rings. The summed E-state index contributed by atoms with van der Waals surface area (Å²) in [4.78, 5) is 0.817. The van der Waals surface area contributed by atoms with Gasteiger partial charge >= 0.3 is 0 Å². The quantitative estimate of drug-likeness (QED) is 0.447. The van der Waals surface area contributed by atoms with Crippen LogP contribution in [0.15, 0.2) is 0 Å². The van der Waals surface area contributed by atoms with Gasteiger partial charge in [0.25, 0.3) is 0 Å². The van der Waals surface area contributed by atoms with Crippen molar-refractivity contribution < 1.29 is 0 Å². The van der Waals surface area contributed by atoms with Crippen molar-refractivity contribution in [2.45, 2.75) is 70.0 Å². The standard InChI is InChI=1S/C15H27Br/c1-11-8-12(2)10-13(9-11)14-6-4-3-5-7-15(14)16/h11-15H,3-10H2,1-2H3. The van der Waals surface area contributed by atoms with Crippen molar-refractivity contribution in [2.75, 3.05) is 0 Å². The van der Waals surface area contributed by atoms with E-state index < -0.39 is 0 Å². The maximum Gasteiger partial charge on any atom is 0.0176 e. The van der Waals surface area contributed by atoms with E-state index in [9.17, 15) is 0 Å². The summed E-state index contributed by atoms with van der Waals surface area (Å²) in [5, 5.41) is 0. The summed E-state index contributed by atoms with van der Waals surface area (Å²) in [6.07, 6.45) is 11.8. The molecule has 0 heterocycles. The van der Waals surface area contributed by atoms with Gasteiger partial charge in [-0.3, -0.25) is 0 Å². The molecule has 0 spiro atoms. The molecule has 0 nitrogen and oxygen atoms in total. The molecule has 2 aliphatic rings. The summed E-state index contributed by atoms with van der Waals surface area (Å²) < 4.78 is 0. The van der Waals surface area contributed by atoms with E-state index in [4.69, 9.17) is 0 Å². The van der Waals surface area contributed by atoms with Crippen molar-refractivity contribution in [1.29, 1.82) is 0 Å². The van der Waals surface area contributed by atoms with E-state index in [-0.39, 0.29) is 0 Å². The lowest BCUT2D eigenvalue weighted by Crippen LogP contribution is -2.30. The molecule has 0 bridgehead atoms. The van der Waals surface area contributed by atoms with Gasteiger partial charge in [-0.15, -0.1) is 0 Å². The molecule has 0 N–H and O–H groups in total. The first-order chi connectivity index (χ1) is 7.66. The minimum atomic E-state index is 0.817. The van der Waals surface area contributed by atoms with E-state index in [1.54, 1.807) is 0 Å². The van der Waals surface area contributed by atoms with Gasteiger partial charge in [-0.2, -0.15) is 0 Å². The molecule has 0 saturated heterocycles. The Morgan fingerprint density at radius 2 is 1.44 bits per heavy atom. The molecule has 1 heteroatoms. The fourth-order valence-electron chi connectivity index (χ4n) is 4.18. The molecule has 94 valence electrons. The summed E-state index contributed by atoms with van der Waals surface area (Å²) >= 11 is 3.98. The number of alkyl halides is 1. The Hall–Kier alpha value is 0.480. The van der Waals surface area contributed by atoms with Crippen LogP contribution < -0.4 is 0 Å². The lowest BCUT2D eigenvalue weighted by Gasteiger charge is -2.38. The Morgan fingerprint density at radius 1 is 0.812 bits per heavy atom. The lowest BCUT2D eigenvalue weighted by molar-refractivity contribution is 0.153. The monoisotopic (exact) mass is 286 g/mol. The summed E-state index contributed by atoms with van der Waals surface area (Å²) in [5.41, 5.74) is 0. The molecule has 0 aromatic carbocycles. The molecular weight excluding hydrogens is 260 g/mol. The zero-order valence-electron chi connectivity index (χ0n) is 10.9. The molecule has 0 amide bonds. The second kappa shape index (κ2) is 5.89. The highest BCUT2D eigenvalue weighted by atomic mass is 79.9. The average molecular weight is 287 g/mol. The van der Waals surface area contributed by atoms with Crippen molar-refractivity contribution in [3.05, 3.63) is 0 Å². The number of halogens is 1. The van der Waals surface area contributed by atoms with Gasteiger partial charge < -0.3 is 0 Å². The second-order valence-corrected chi connectivity index (χ2v) is 7.67. The Kier molecular flexibility index (Phi) is 4.76. The molecule has 0 aromatic rings. The largest absolute Gasteiger partial charge is 0.0888 e. The van der Waals surface area contributed by atoms with Gasteiger partial charge in [0.15, 0.2) is 0 Å². The molecule has 2 saturated carbocycles. The molecule has 4 unspecified atom stereocenters. The van der Waals surface area contributed by atoms with Crippen LogP contribution in [0.1, 0.15) is 65.2 Å². The lowest BCUT2D eigenvalue weighted by atomic mass is 9.70. The van der Waals surface area contributed by atoms with Gasteiger partial charge in [0.05, 0.1) is 0 Å². The van der Waals surface area contributed by atoms with Gasteiger partial charge in [-0.1, -0.05) is 49.0 Å². The predicted molar refractivity (Wildman–Crippen MR) is 75.0 cm³/mol. The smallest absolute Gasteiger partial charge is 0.0176 e. The Labute approximate surface area is 110 Å². The van der Waals surface area contributed by atoms with Gasteiger partial charge in [0.2, 0.25) is 0 Å². The fraction of sp³-hybridized carbons (Fsp3) is 1.00. The van der Waals surface area contributed by atoms with E-state index >= 15 is 0 Å². The highest BCUT2D eigenvalue weighted by Gasteiger charge is 2.33. The van der Waals surface area contributed by atoms with Crippen LogP contribution in [0.2, 0.25) is 0 Å².